The molecular formula is C15H13BrClNO2. The van der Waals surface area contributed by atoms with Crippen molar-refractivity contribution in [3.8, 4) is 5.75 Å². The Labute approximate surface area is 131 Å². The van der Waals surface area contributed by atoms with Gasteiger partial charge in [-0.15, -0.1) is 0 Å². The predicted octanol–water partition coefficient (Wildman–Crippen LogP) is 4.67. The van der Waals surface area contributed by atoms with Crippen molar-refractivity contribution in [3.05, 3.63) is 57.0 Å². The van der Waals surface area contributed by atoms with Crippen molar-refractivity contribution < 1.29 is 9.53 Å². The molecule has 0 heterocycles. The summed E-state index contributed by atoms with van der Waals surface area (Å²) in [6.07, 6.45) is 0. The van der Waals surface area contributed by atoms with Crippen LogP contribution in [-0.2, 0) is 0 Å². The molecule has 20 heavy (non-hydrogen) atoms. The molecule has 2 rings (SSSR count). The fraction of sp³-hybridized carbons (Fsp3) is 0.133. The van der Waals surface area contributed by atoms with E-state index in [-0.39, 0.29) is 5.91 Å². The number of aryl methyl sites for hydroxylation is 1. The molecule has 0 aliphatic heterocycles. The van der Waals surface area contributed by atoms with E-state index in [1.165, 1.54) is 0 Å². The van der Waals surface area contributed by atoms with Crippen molar-refractivity contribution in [2.45, 2.75) is 6.92 Å². The van der Waals surface area contributed by atoms with Crippen LogP contribution in [0.1, 0.15) is 15.9 Å². The monoisotopic (exact) mass is 353 g/mol. The minimum Gasteiger partial charge on any atom is -0.496 e. The molecule has 104 valence electrons. The summed E-state index contributed by atoms with van der Waals surface area (Å²) in [5, 5.41) is 3.22. The smallest absolute Gasteiger partial charge is 0.257 e. The van der Waals surface area contributed by atoms with Crippen LogP contribution in [0.25, 0.3) is 0 Å². The second kappa shape index (κ2) is 6.29. The molecule has 2 aromatic rings. The Morgan fingerprint density at radius 1 is 1.30 bits per heavy atom. The van der Waals surface area contributed by atoms with E-state index >= 15 is 0 Å². The van der Waals surface area contributed by atoms with Crippen molar-refractivity contribution >= 4 is 39.1 Å². The topological polar surface area (TPSA) is 38.3 Å². The van der Waals surface area contributed by atoms with Gasteiger partial charge in [0, 0.05) is 10.2 Å². The second-order valence-corrected chi connectivity index (χ2v) is 5.47. The number of anilines is 1. The summed E-state index contributed by atoms with van der Waals surface area (Å²) in [4.78, 5) is 12.2. The largest absolute Gasteiger partial charge is 0.496 e. The van der Waals surface area contributed by atoms with E-state index in [0.29, 0.717) is 20.7 Å². The molecule has 3 nitrogen and oxygen atoms in total. The van der Waals surface area contributed by atoms with E-state index < -0.39 is 0 Å². The van der Waals surface area contributed by atoms with Crippen LogP contribution in [0.15, 0.2) is 40.9 Å². The normalized spacial score (nSPS) is 10.2. The number of halogens is 2. The number of carbonyl (C=O) groups excluding carboxylic acids is 1. The van der Waals surface area contributed by atoms with E-state index in [4.69, 9.17) is 16.3 Å². The highest BCUT2D eigenvalue weighted by Gasteiger charge is 2.13. The number of nitrogens with one attached hydrogen (secondary N) is 1. The maximum atomic E-state index is 12.2. The molecule has 5 heteroatoms. The zero-order valence-corrected chi connectivity index (χ0v) is 13.4. The van der Waals surface area contributed by atoms with Gasteiger partial charge >= 0.3 is 0 Å². The molecule has 0 aliphatic carbocycles. The Balaban J connectivity index is 2.24. The molecule has 1 amide bonds. The molecule has 1 N–H and O–H groups in total. The lowest BCUT2D eigenvalue weighted by Gasteiger charge is -2.10. The molecule has 0 saturated carbocycles. The summed E-state index contributed by atoms with van der Waals surface area (Å²) in [6, 6.07) is 10.7. The quantitative estimate of drug-likeness (QED) is 0.869. The number of rotatable bonds is 3. The Bertz CT molecular complexity index is 658. The molecule has 0 radical (unpaired) electrons. The number of amides is 1. The van der Waals surface area contributed by atoms with Crippen LogP contribution in [0.5, 0.6) is 5.75 Å². The highest BCUT2D eigenvalue weighted by molar-refractivity contribution is 9.10. The molecule has 0 saturated heterocycles. The molecular weight excluding hydrogens is 342 g/mol. The summed E-state index contributed by atoms with van der Waals surface area (Å²) < 4.78 is 5.88. The maximum Gasteiger partial charge on any atom is 0.257 e. The van der Waals surface area contributed by atoms with Crippen LogP contribution in [0.3, 0.4) is 0 Å². The molecule has 0 spiro atoms. The SMILES string of the molecule is COc1ccc(NC(=O)c2cccc(Br)c2Cl)cc1C. The first-order valence-corrected chi connectivity index (χ1v) is 7.10. The van der Waals surface area contributed by atoms with Crippen LogP contribution in [-0.4, -0.2) is 13.0 Å². The van der Waals surface area contributed by atoms with Gasteiger partial charge in [-0.2, -0.15) is 0 Å². The van der Waals surface area contributed by atoms with E-state index in [1.807, 2.05) is 19.1 Å². The molecule has 0 unspecified atom stereocenters. The number of methoxy groups -OCH3 is 1. The van der Waals surface area contributed by atoms with E-state index in [0.717, 1.165) is 11.3 Å². The van der Waals surface area contributed by atoms with Crippen molar-refractivity contribution in [1.82, 2.24) is 0 Å². The van der Waals surface area contributed by atoms with Crippen molar-refractivity contribution in [1.29, 1.82) is 0 Å². The zero-order valence-electron chi connectivity index (χ0n) is 11.0. The average Bonchev–Trinajstić information content (AvgIpc) is 2.42. The first-order chi connectivity index (χ1) is 9.52. The van der Waals surface area contributed by atoms with Crippen LogP contribution in [0, 0.1) is 6.92 Å². The lowest BCUT2D eigenvalue weighted by atomic mass is 10.1. The summed E-state index contributed by atoms with van der Waals surface area (Å²) in [5.41, 5.74) is 2.07. The zero-order chi connectivity index (χ0) is 14.7. The Hall–Kier alpha value is -1.52. The van der Waals surface area contributed by atoms with E-state index in [2.05, 4.69) is 21.2 Å². The predicted molar refractivity (Wildman–Crippen MR) is 84.8 cm³/mol. The number of ether oxygens (including phenoxy) is 1. The molecule has 0 bridgehead atoms. The summed E-state index contributed by atoms with van der Waals surface area (Å²) >= 11 is 9.41. The highest BCUT2D eigenvalue weighted by Crippen LogP contribution is 2.27. The molecule has 0 fully saturated rings. The minimum atomic E-state index is -0.249. The van der Waals surface area contributed by atoms with Gasteiger partial charge in [0.05, 0.1) is 17.7 Å². The van der Waals surface area contributed by atoms with Crippen LogP contribution in [0.2, 0.25) is 5.02 Å². The van der Waals surface area contributed by atoms with Gasteiger partial charge in [-0.05, 0) is 58.7 Å². The van der Waals surface area contributed by atoms with Gasteiger partial charge in [-0.1, -0.05) is 17.7 Å². The fourth-order valence-electron chi connectivity index (χ4n) is 1.83. The van der Waals surface area contributed by atoms with Gasteiger partial charge < -0.3 is 10.1 Å². The van der Waals surface area contributed by atoms with Crippen LogP contribution >= 0.6 is 27.5 Å². The van der Waals surface area contributed by atoms with Crippen molar-refractivity contribution in [2.24, 2.45) is 0 Å². The second-order valence-electron chi connectivity index (χ2n) is 4.24. The third-order valence-corrected chi connectivity index (χ3v) is 4.15. The first kappa shape index (κ1) is 14.9. The Morgan fingerprint density at radius 2 is 2.05 bits per heavy atom. The third kappa shape index (κ3) is 3.14. The average molecular weight is 355 g/mol. The first-order valence-electron chi connectivity index (χ1n) is 5.93. The fourth-order valence-corrected chi connectivity index (χ4v) is 2.41. The van der Waals surface area contributed by atoms with Gasteiger partial charge in [0.2, 0.25) is 0 Å². The van der Waals surface area contributed by atoms with Gasteiger partial charge in [0.1, 0.15) is 5.75 Å². The van der Waals surface area contributed by atoms with E-state index in [1.54, 1.807) is 31.4 Å². The van der Waals surface area contributed by atoms with Crippen molar-refractivity contribution in [2.75, 3.05) is 12.4 Å². The van der Waals surface area contributed by atoms with Gasteiger partial charge in [-0.3, -0.25) is 4.79 Å². The van der Waals surface area contributed by atoms with Gasteiger partial charge in [-0.25, -0.2) is 0 Å². The number of benzene rings is 2. The summed E-state index contributed by atoms with van der Waals surface area (Å²) in [6.45, 7) is 1.92. The van der Waals surface area contributed by atoms with Gasteiger partial charge in [0.25, 0.3) is 5.91 Å². The van der Waals surface area contributed by atoms with E-state index in [9.17, 15) is 4.79 Å². The lowest BCUT2D eigenvalue weighted by molar-refractivity contribution is 0.102. The number of hydrogen-bond donors (Lipinski definition) is 1. The van der Waals surface area contributed by atoms with Crippen LogP contribution in [0.4, 0.5) is 5.69 Å². The maximum absolute atomic E-state index is 12.2. The van der Waals surface area contributed by atoms with Gasteiger partial charge in [0.15, 0.2) is 0 Å². The third-order valence-electron chi connectivity index (χ3n) is 2.85. The highest BCUT2D eigenvalue weighted by atomic mass is 79.9. The Kier molecular flexibility index (Phi) is 4.68. The summed E-state index contributed by atoms with van der Waals surface area (Å²) in [5.74, 6) is 0.532. The van der Waals surface area contributed by atoms with Crippen LogP contribution < -0.4 is 10.1 Å². The summed E-state index contributed by atoms with van der Waals surface area (Å²) in [7, 11) is 1.61. The lowest BCUT2D eigenvalue weighted by Crippen LogP contribution is -2.12. The van der Waals surface area contributed by atoms with Crippen molar-refractivity contribution in [3.63, 3.8) is 0 Å². The number of hydrogen-bond acceptors (Lipinski definition) is 2. The molecule has 0 aliphatic rings. The number of carbonyl (C=O) groups is 1. The Morgan fingerprint density at radius 3 is 2.70 bits per heavy atom. The molecule has 0 atom stereocenters. The standard InChI is InChI=1S/C15H13BrClNO2/c1-9-8-10(6-7-13(9)20-2)18-15(19)11-4-3-5-12(16)14(11)17/h3-8H,1-2H3,(H,18,19). The minimum absolute atomic E-state index is 0.249. The molecule has 2 aromatic carbocycles. The molecule has 0 aromatic heterocycles.